The summed E-state index contributed by atoms with van der Waals surface area (Å²) in [6, 6.07) is 23.0. The van der Waals surface area contributed by atoms with Crippen molar-refractivity contribution in [2.24, 2.45) is 0 Å². The maximum absolute atomic E-state index is 6.56. The Morgan fingerprint density at radius 1 is 1.03 bits per heavy atom. The highest BCUT2D eigenvalue weighted by Gasteiger charge is 2.28. The maximum Gasteiger partial charge on any atom is 0.122 e. The van der Waals surface area contributed by atoms with Crippen LogP contribution in [0.5, 0.6) is 5.75 Å². The van der Waals surface area contributed by atoms with E-state index in [9.17, 15) is 0 Å². The van der Waals surface area contributed by atoms with Crippen molar-refractivity contribution >= 4 is 5.82 Å². The van der Waals surface area contributed by atoms with Crippen LogP contribution in [-0.2, 0) is 13.0 Å². The zero-order chi connectivity index (χ0) is 23.5. The lowest BCUT2D eigenvalue weighted by Crippen LogP contribution is -2.37. The van der Waals surface area contributed by atoms with Crippen molar-refractivity contribution in [3.8, 4) is 17.0 Å². The summed E-state index contributed by atoms with van der Waals surface area (Å²) in [5.41, 5.74) is 12.5. The minimum Gasteiger partial charge on any atom is -0.497 e. The molecule has 4 aromatic rings. The lowest BCUT2D eigenvalue weighted by Gasteiger charge is -2.34. The van der Waals surface area contributed by atoms with Gasteiger partial charge in [-0.15, -0.1) is 0 Å². The number of hydrogen-bond acceptors (Lipinski definition) is 5. The van der Waals surface area contributed by atoms with Crippen molar-refractivity contribution in [1.29, 1.82) is 0 Å². The molecule has 34 heavy (non-hydrogen) atoms. The number of ether oxygens (including phenoxy) is 1. The minimum absolute atomic E-state index is 0.0732. The number of fused-ring (bicyclic) bond motifs is 1. The van der Waals surface area contributed by atoms with Crippen molar-refractivity contribution in [3.05, 3.63) is 95.8 Å². The molecule has 2 aromatic heterocycles. The molecule has 174 valence electrons. The van der Waals surface area contributed by atoms with Crippen LogP contribution in [0.2, 0.25) is 0 Å². The first-order valence-corrected chi connectivity index (χ1v) is 11.8. The molecule has 1 aliphatic heterocycles. The normalized spacial score (nSPS) is 15.5. The molecule has 2 unspecified atom stereocenters. The second-order valence-corrected chi connectivity index (χ2v) is 9.02. The highest BCUT2D eigenvalue weighted by Crippen LogP contribution is 2.34. The molecule has 0 spiro atoms. The van der Waals surface area contributed by atoms with Crippen LogP contribution in [0.3, 0.4) is 0 Å². The Morgan fingerprint density at radius 3 is 2.56 bits per heavy atom. The molecule has 0 saturated heterocycles. The summed E-state index contributed by atoms with van der Waals surface area (Å²) in [4.78, 5) is 6.77. The summed E-state index contributed by atoms with van der Waals surface area (Å²) in [6.07, 6.45) is 4.66. The van der Waals surface area contributed by atoms with Crippen LogP contribution in [0.25, 0.3) is 11.3 Å². The van der Waals surface area contributed by atoms with Gasteiger partial charge in [-0.05, 0) is 47.4 Å². The lowest BCUT2D eigenvalue weighted by molar-refractivity contribution is 0.196. The molecular formula is C28H31N5O. The Labute approximate surface area is 201 Å². The zero-order valence-electron chi connectivity index (χ0n) is 19.8. The summed E-state index contributed by atoms with van der Waals surface area (Å²) in [6.45, 7) is 5.09. The highest BCUT2D eigenvalue weighted by molar-refractivity contribution is 5.61. The van der Waals surface area contributed by atoms with Gasteiger partial charge in [-0.1, -0.05) is 43.3 Å². The van der Waals surface area contributed by atoms with Gasteiger partial charge < -0.3 is 10.5 Å². The van der Waals surface area contributed by atoms with E-state index in [1.807, 2.05) is 41.2 Å². The van der Waals surface area contributed by atoms with Gasteiger partial charge in [0.2, 0.25) is 0 Å². The van der Waals surface area contributed by atoms with Gasteiger partial charge in [-0.3, -0.25) is 9.88 Å². The molecule has 0 saturated carbocycles. The number of pyridine rings is 1. The van der Waals surface area contributed by atoms with Crippen molar-refractivity contribution in [1.82, 2.24) is 19.7 Å². The molecule has 2 N–H and O–H groups in total. The molecule has 1 aliphatic rings. The van der Waals surface area contributed by atoms with Gasteiger partial charge in [-0.2, -0.15) is 5.10 Å². The van der Waals surface area contributed by atoms with Gasteiger partial charge in [0.15, 0.2) is 0 Å². The van der Waals surface area contributed by atoms with E-state index in [1.165, 1.54) is 16.7 Å². The Balaban J connectivity index is 1.47. The van der Waals surface area contributed by atoms with Crippen molar-refractivity contribution < 1.29 is 4.74 Å². The Morgan fingerprint density at radius 2 is 1.82 bits per heavy atom. The summed E-state index contributed by atoms with van der Waals surface area (Å²) in [7, 11) is 1.69. The number of nitrogen functional groups attached to an aromatic ring is 1. The third-order valence-corrected chi connectivity index (χ3v) is 6.91. The number of hydrogen-bond donors (Lipinski definition) is 1. The first-order chi connectivity index (χ1) is 16.6. The standard InChI is InChI=1S/C28H31N5O/c1-20(21-9-11-25(34-2)12-10-21)27(19-32-15-13-22-6-3-4-7-24(22)18-32)33-28(29)16-26(31-33)23-8-5-14-30-17-23/h3-12,14,16-17,20,27H,13,15,18-19,29H2,1-2H3. The molecule has 5 rings (SSSR count). The fourth-order valence-electron chi connectivity index (χ4n) is 4.88. The van der Waals surface area contributed by atoms with E-state index in [4.69, 9.17) is 15.6 Å². The number of nitrogens with zero attached hydrogens (tertiary/aromatic N) is 4. The van der Waals surface area contributed by atoms with E-state index >= 15 is 0 Å². The molecule has 3 heterocycles. The van der Waals surface area contributed by atoms with Crippen LogP contribution >= 0.6 is 0 Å². The Kier molecular flexibility index (Phi) is 6.32. The fourth-order valence-corrected chi connectivity index (χ4v) is 4.88. The topological polar surface area (TPSA) is 69.2 Å². The number of anilines is 1. The van der Waals surface area contributed by atoms with Crippen LogP contribution in [0.4, 0.5) is 5.82 Å². The third-order valence-electron chi connectivity index (χ3n) is 6.91. The molecule has 0 radical (unpaired) electrons. The maximum atomic E-state index is 6.56. The first kappa shape index (κ1) is 22.2. The lowest BCUT2D eigenvalue weighted by atomic mass is 9.91. The second kappa shape index (κ2) is 9.69. The minimum atomic E-state index is 0.0732. The summed E-state index contributed by atoms with van der Waals surface area (Å²) < 4.78 is 7.38. The van der Waals surface area contributed by atoms with Gasteiger partial charge in [0.05, 0.1) is 18.8 Å². The molecule has 0 bridgehead atoms. The summed E-state index contributed by atoms with van der Waals surface area (Å²) in [5, 5.41) is 4.97. The molecule has 2 atom stereocenters. The van der Waals surface area contributed by atoms with Gasteiger partial charge in [0, 0.05) is 49.6 Å². The Hall–Kier alpha value is -3.64. The summed E-state index contributed by atoms with van der Waals surface area (Å²) in [5.74, 6) is 1.73. The average Bonchev–Trinajstić information content (AvgIpc) is 3.28. The summed E-state index contributed by atoms with van der Waals surface area (Å²) >= 11 is 0. The van der Waals surface area contributed by atoms with E-state index in [0.29, 0.717) is 5.82 Å². The van der Waals surface area contributed by atoms with Gasteiger partial charge >= 0.3 is 0 Å². The van der Waals surface area contributed by atoms with Gasteiger partial charge in [0.1, 0.15) is 11.6 Å². The molecule has 2 aromatic carbocycles. The molecule has 6 nitrogen and oxygen atoms in total. The Bertz CT molecular complexity index is 1240. The van der Waals surface area contributed by atoms with Crippen LogP contribution in [0.1, 0.15) is 35.6 Å². The monoisotopic (exact) mass is 453 g/mol. The quantitative estimate of drug-likeness (QED) is 0.429. The SMILES string of the molecule is COc1ccc(C(C)C(CN2CCc3ccccc3C2)n2nc(-c3cccnc3)cc2N)cc1. The fraction of sp³-hybridized carbons (Fsp3) is 0.286. The van der Waals surface area contributed by atoms with E-state index in [0.717, 1.165) is 43.1 Å². The number of aromatic nitrogens is 3. The van der Waals surface area contributed by atoms with Crippen LogP contribution in [0, 0.1) is 0 Å². The molecular weight excluding hydrogens is 422 g/mol. The zero-order valence-corrected chi connectivity index (χ0v) is 19.8. The predicted molar refractivity (Wildman–Crippen MR) is 136 cm³/mol. The van der Waals surface area contributed by atoms with Crippen molar-refractivity contribution in [2.75, 3.05) is 25.9 Å². The van der Waals surface area contributed by atoms with Crippen molar-refractivity contribution in [3.63, 3.8) is 0 Å². The molecule has 6 heteroatoms. The van der Waals surface area contributed by atoms with Crippen molar-refractivity contribution in [2.45, 2.75) is 31.8 Å². The number of methoxy groups -OCH3 is 1. The largest absolute Gasteiger partial charge is 0.497 e. The van der Waals surface area contributed by atoms with E-state index < -0.39 is 0 Å². The smallest absolute Gasteiger partial charge is 0.122 e. The van der Waals surface area contributed by atoms with E-state index in [2.05, 4.69) is 53.2 Å². The average molecular weight is 454 g/mol. The number of benzene rings is 2. The predicted octanol–water partition coefficient (Wildman–Crippen LogP) is 4.94. The molecule has 0 amide bonds. The highest BCUT2D eigenvalue weighted by atomic mass is 16.5. The van der Waals surface area contributed by atoms with Crippen LogP contribution < -0.4 is 10.5 Å². The van der Waals surface area contributed by atoms with Crippen LogP contribution in [0.15, 0.2) is 79.1 Å². The second-order valence-electron chi connectivity index (χ2n) is 9.02. The van der Waals surface area contributed by atoms with E-state index in [-0.39, 0.29) is 12.0 Å². The van der Waals surface area contributed by atoms with Gasteiger partial charge in [-0.25, -0.2) is 4.68 Å². The van der Waals surface area contributed by atoms with E-state index in [1.54, 1.807) is 13.3 Å². The van der Waals surface area contributed by atoms with Gasteiger partial charge in [0.25, 0.3) is 0 Å². The number of nitrogens with two attached hydrogens (primary N) is 1. The third kappa shape index (κ3) is 4.54. The van der Waals surface area contributed by atoms with Crippen LogP contribution in [-0.4, -0.2) is 39.9 Å². The molecule has 0 aliphatic carbocycles. The first-order valence-electron chi connectivity index (χ1n) is 11.8. The number of rotatable bonds is 7. The molecule has 0 fully saturated rings.